The van der Waals surface area contributed by atoms with Crippen LogP contribution in [-0.2, 0) is 9.59 Å². The second-order valence-electron chi connectivity index (χ2n) is 10.3. The fourth-order valence-corrected chi connectivity index (χ4v) is 6.26. The van der Waals surface area contributed by atoms with E-state index in [4.69, 9.17) is 16.3 Å². The summed E-state index contributed by atoms with van der Waals surface area (Å²) in [5.74, 6) is -0.778. The molecule has 1 aromatic rings. The zero-order valence-corrected chi connectivity index (χ0v) is 19.9. The van der Waals surface area contributed by atoms with Gasteiger partial charge >= 0.3 is 0 Å². The fourth-order valence-electron chi connectivity index (χ4n) is 6.15. The van der Waals surface area contributed by atoms with Crippen LogP contribution in [0.2, 0.25) is 5.02 Å². The third kappa shape index (κ3) is 4.63. The number of piperidine rings is 1. The molecule has 0 radical (unpaired) electrons. The van der Waals surface area contributed by atoms with E-state index in [0.717, 1.165) is 31.9 Å². The van der Waals surface area contributed by atoms with E-state index in [2.05, 4.69) is 21.1 Å². The zero-order chi connectivity index (χ0) is 23.9. The molecule has 186 valence electrons. The summed E-state index contributed by atoms with van der Waals surface area (Å²) in [5, 5.41) is 19.4. The number of nitrogens with one attached hydrogen (secondary N) is 3. The van der Waals surface area contributed by atoms with Crippen molar-refractivity contribution in [2.24, 2.45) is 0 Å². The molecule has 2 saturated heterocycles. The molecule has 2 bridgehead atoms. The minimum Gasteiger partial charge on any atom is -0.484 e. The lowest BCUT2D eigenvalue weighted by atomic mass is 9.59. The molecule has 2 aliphatic heterocycles. The van der Waals surface area contributed by atoms with Gasteiger partial charge < -0.3 is 20.5 Å². The van der Waals surface area contributed by atoms with Crippen LogP contribution in [0, 0.1) is 5.82 Å². The van der Waals surface area contributed by atoms with Gasteiger partial charge in [-0.05, 0) is 63.5 Å². The number of aliphatic hydroxyl groups excluding tert-OH is 1. The fraction of sp³-hybridized carbons (Fsp3) is 0.667. The zero-order valence-electron chi connectivity index (χ0n) is 19.1. The van der Waals surface area contributed by atoms with Crippen molar-refractivity contribution < 1.29 is 23.8 Å². The van der Waals surface area contributed by atoms with Crippen LogP contribution in [-0.4, -0.2) is 64.3 Å². The predicted octanol–water partition coefficient (Wildman–Crippen LogP) is 2.04. The van der Waals surface area contributed by atoms with Crippen molar-refractivity contribution in [2.75, 3.05) is 13.2 Å². The average molecular weight is 495 g/mol. The normalized spacial score (nSPS) is 35.0. The van der Waals surface area contributed by atoms with Crippen LogP contribution in [0.3, 0.4) is 0 Å². The second-order valence-corrected chi connectivity index (χ2v) is 10.7. The maximum Gasteiger partial charge on any atom is 0.258 e. The molecule has 34 heavy (non-hydrogen) atoms. The maximum atomic E-state index is 13.6. The highest BCUT2D eigenvalue weighted by Gasteiger charge is 2.55. The summed E-state index contributed by atoms with van der Waals surface area (Å²) in [7, 11) is 0. The van der Waals surface area contributed by atoms with E-state index >= 15 is 0 Å². The molecule has 3 unspecified atom stereocenters. The summed E-state index contributed by atoms with van der Waals surface area (Å²) >= 11 is 5.67. The lowest BCUT2D eigenvalue weighted by Crippen LogP contribution is -2.71. The first-order chi connectivity index (χ1) is 16.3. The van der Waals surface area contributed by atoms with Gasteiger partial charge in [-0.1, -0.05) is 18.0 Å². The molecule has 0 aromatic heterocycles. The van der Waals surface area contributed by atoms with Crippen LogP contribution in [0.25, 0.3) is 0 Å². The number of carbonyl (C=O) groups excluding carboxylic acids is 2. The summed E-state index contributed by atoms with van der Waals surface area (Å²) in [4.78, 5) is 25.6. The van der Waals surface area contributed by atoms with Gasteiger partial charge in [-0.15, -0.1) is 0 Å². The minimum absolute atomic E-state index is 0.00336. The van der Waals surface area contributed by atoms with Crippen molar-refractivity contribution in [2.45, 2.75) is 87.1 Å². The van der Waals surface area contributed by atoms with Crippen LogP contribution in [0.4, 0.5) is 4.39 Å². The highest BCUT2D eigenvalue weighted by atomic mass is 35.5. The number of halogens is 2. The number of amides is 2. The van der Waals surface area contributed by atoms with Crippen molar-refractivity contribution in [3.05, 3.63) is 29.0 Å². The Hall–Kier alpha value is -1.94. The molecule has 3 saturated carbocycles. The topological polar surface area (TPSA) is 103 Å². The Labute approximate surface area is 203 Å². The smallest absolute Gasteiger partial charge is 0.258 e. The molecular weight excluding hydrogens is 463 g/mol. The summed E-state index contributed by atoms with van der Waals surface area (Å²) in [6.45, 7) is 0.694. The molecular formula is C24H32ClFN4O4. The highest BCUT2D eigenvalue weighted by molar-refractivity contribution is 6.30. The number of hydrazine groups is 1. The molecule has 5 aliphatic rings. The molecule has 0 spiro atoms. The van der Waals surface area contributed by atoms with Crippen molar-refractivity contribution in [1.82, 2.24) is 21.1 Å². The molecule has 4 N–H and O–H groups in total. The van der Waals surface area contributed by atoms with Gasteiger partial charge in [-0.3, -0.25) is 9.59 Å². The number of ether oxygens (including phenoxy) is 1. The lowest BCUT2D eigenvalue weighted by molar-refractivity contribution is -0.137. The number of aliphatic hydroxyl groups is 1. The Bertz CT molecular complexity index is 941. The van der Waals surface area contributed by atoms with Gasteiger partial charge in [0.25, 0.3) is 5.91 Å². The van der Waals surface area contributed by atoms with Crippen molar-refractivity contribution in [1.29, 1.82) is 0 Å². The maximum absolute atomic E-state index is 13.6. The van der Waals surface area contributed by atoms with Gasteiger partial charge in [0.05, 0.1) is 16.7 Å². The van der Waals surface area contributed by atoms with E-state index < -0.39 is 23.0 Å². The van der Waals surface area contributed by atoms with E-state index in [9.17, 15) is 19.1 Å². The van der Waals surface area contributed by atoms with Gasteiger partial charge in [0.2, 0.25) is 5.91 Å². The van der Waals surface area contributed by atoms with E-state index in [1.165, 1.54) is 18.6 Å². The average Bonchev–Trinajstić information content (AvgIpc) is 3.26. The van der Waals surface area contributed by atoms with Crippen LogP contribution in [0.1, 0.15) is 57.8 Å². The first kappa shape index (κ1) is 23.8. The second kappa shape index (κ2) is 9.26. The summed E-state index contributed by atoms with van der Waals surface area (Å²) in [6, 6.07) is 4.20. The summed E-state index contributed by atoms with van der Waals surface area (Å²) in [6.07, 6.45) is 6.48. The van der Waals surface area contributed by atoms with Gasteiger partial charge in [-0.2, -0.15) is 0 Å². The molecule has 2 heterocycles. The predicted molar refractivity (Wildman–Crippen MR) is 124 cm³/mol. The Kier molecular flexibility index (Phi) is 6.48. The van der Waals surface area contributed by atoms with E-state index in [-0.39, 0.29) is 35.2 Å². The lowest BCUT2D eigenvalue weighted by Gasteiger charge is -2.56. The molecule has 6 rings (SSSR count). The monoisotopic (exact) mass is 494 g/mol. The summed E-state index contributed by atoms with van der Waals surface area (Å²) in [5.41, 5.74) is 2.20. The number of benzene rings is 1. The van der Waals surface area contributed by atoms with E-state index in [1.54, 1.807) is 0 Å². The first-order valence-corrected chi connectivity index (χ1v) is 12.6. The quantitative estimate of drug-likeness (QED) is 0.482. The van der Waals surface area contributed by atoms with Crippen molar-refractivity contribution in [3.8, 4) is 5.75 Å². The first-order valence-electron chi connectivity index (χ1n) is 12.2. The van der Waals surface area contributed by atoms with Crippen LogP contribution >= 0.6 is 11.6 Å². The SMILES string of the molecule is O=C(COc1ccc(Cl)c(F)c1)NC12CCC(NC(=O)C3CC4CCCCN4N3)(CC1)CC2O. The molecule has 3 aliphatic carbocycles. The van der Waals surface area contributed by atoms with Crippen LogP contribution in [0.5, 0.6) is 5.75 Å². The molecule has 1 aromatic carbocycles. The number of rotatable bonds is 6. The van der Waals surface area contributed by atoms with Gasteiger partial charge in [0.1, 0.15) is 17.6 Å². The molecule has 3 atom stereocenters. The van der Waals surface area contributed by atoms with Gasteiger partial charge in [0.15, 0.2) is 6.61 Å². The molecule has 5 fully saturated rings. The van der Waals surface area contributed by atoms with Gasteiger partial charge in [-0.25, -0.2) is 14.8 Å². The number of hydrogen-bond donors (Lipinski definition) is 4. The minimum atomic E-state index is -0.768. The van der Waals surface area contributed by atoms with Crippen LogP contribution < -0.4 is 20.8 Å². The van der Waals surface area contributed by atoms with Gasteiger partial charge in [0, 0.05) is 24.2 Å². The van der Waals surface area contributed by atoms with E-state index in [0.29, 0.717) is 38.1 Å². The highest BCUT2D eigenvalue weighted by Crippen LogP contribution is 2.47. The number of nitrogens with zero attached hydrogens (tertiary/aromatic N) is 1. The third-order valence-corrected chi connectivity index (χ3v) is 8.44. The Morgan fingerprint density at radius 2 is 2.03 bits per heavy atom. The van der Waals surface area contributed by atoms with Crippen LogP contribution in [0.15, 0.2) is 18.2 Å². The standard InChI is InChI=1S/C24H32ClFN4O4/c25-17-5-4-16(12-18(17)26)34-14-21(32)27-24-8-6-23(7-9-24,13-20(24)31)28-22(33)19-11-15-3-1-2-10-30(15)29-19/h4-5,12,15,19-20,29,31H,1-3,6-11,13-14H2,(H,27,32)(H,28,33). The van der Waals surface area contributed by atoms with E-state index in [1.807, 2.05) is 0 Å². The Balaban J connectivity index is 1.14. The number of fused-ring (bicyclic) bond motifs is 4. The largest absolute Gasteiger partial charge is 0.484 e. The summed E-state index contributed by atoms with van der Waals surface area (Å²) < 4.78 is 19.0. The van der Waals surface area contributed by atoms with Crippen molar-refractivity contribution in [3.63, 3.8) is 0 Å². The number of carbonyl (C=O) groups is 2. The Morgan fingerprint density at radius 1 is 1.24 bits per heavy atom. The number of hydrogen-bond acceptors (Lipinski definition) is 6. The molecule has 8 nitrogen and oxygen atoms in total. The third-order valence-electron chi connectivity index (χ3n) is 8.13. The molecule has 2 amide bonds. The Morgan fingerprint density at radius 3 is 2.74 bits per heavy atom. The van der Waals surface area contributed by atoms with Crippen molar-refractivity contribution >= 4 is 23.4 Å². The molecule has 10 heteroatoms.